The number of sulfonamides is 1. The molecule has 0 radical (unpaired) electrons. The normalized spacial score (nSPS) is 21.2. The lowest BCUT2D eigenvalue weighted by atomic mass is 9.98. The minimum Gasteiger partial charge on any atom is -0.207 e. The molecule has 2 rings (SSSR count). The highest BCUT2D eigenvalue weighted by Gasteiger charge is 2.29. The van der Waals surface area contributed by atoms with Crippen molar-refractivity contribution in [1.29, 1.82) is 0 Å². The quantitative estimate of drug-likeness (QED) is 0.760. The topological polar surface area (TPSA) is 37.4 Å². The lowest BCUT2D eigenvalue weighted by molar-refractivity contribution is 0.407. The minimum absolute atomic E-state index is 0.178. The Balaban J connectivity index is 2.29. The van der Waals surface area contributed by atoms with Gasteiger partial charge in [-0.05, 0) is 42.9 Å². The second-order valence-corrected chi connectivity index (χ2v) is 8.09. The first-order valence-electron chi connectivity index (χ1n) is 7.33. The molecule has 1 saturated heterocycles. The second-order valence-electron chi connectivity index (χ2n) is 5.51. The van der Waals surface area contributed by atoms with Crippen LogP contribution in [0.2, 0.25) is 5.02 Å². The molecule has 1 aromatic rings. The Morgan fingerprint density at radius 3 is 2.71 bits per heavy atom. The van der Waals surface area contributed by atoms with E-state index in [4.69, 9.17) is 23.2 Å². The van der Waals surface area contributed by atoms with E-state index in [2.05, 4.69) is 6.92 Å². The van der Waals surface area contributed by atoms with Crippen LogP contribution in [0.1, 0.15) is 38.2 Å². The van der Waals surface area contributed by atoms with Crippen LogP contribution >= 0.6 is 23.2 Å². The molecular formula is C15H21Cl2NO2S. The maximum absolute atomic E-state index is 12.8. The zero-order valence-corrected chi connectivity index (χ0v) is 14.5. The molecule has 0 spiro atoms. The van der Waals surface area contributed by atoms with E-state index in [0.29, 0.717) is 19.0 Å². The van der Waals surface area contributed by atoms with E-state index in [1.165, 1.54) is 0 Å². The van der Waals surface area contributed by atoms with Crippen molar-refractivity contribution in [1.82, 2.24) is 4.31 Å². The van der Waals surface area contributed by atoms with Crippen LogP contribution in [0.5, 0.6) is 0 Å². The molecule has 21 heavy (non-hydrogen) atoms. The molecule has 1 heterocycles. The second kappa shape index (κ2) is 7.32. The van der Waals surface area contributed by atoms with Crippen molar-refractivity contribution >= 4 is 33.2 Å². The maximum atomic E-state index is 12.8. The summed E-state index contributed by atoms with van der Waals surface area (Å²) >= 11 is 11.9. The fraction of sp³-hybridized carbons (Fsp3) is 0.600. The van der Waals surface area contributed by atoms with Gasteiger partial charge in [-0.3, -0.25) is 0 Å². The molecule has 6 heteroatoms. The van der Waals surface area contributed by atoms with Crippen LogP contribution in [0.4, 0.5) is 0 Å². The highest BCUT2D eigenvalue weighted by molar-refractivity contribution is 7.89. The van der Waals surface area contributed by atoms with E-state index in [0.717, 1.165) is 31.2 Å². The lowest BCUT2D eigenvalue weighted by Gasteiger charge is -2.21. The van der Waals surface area contributed by atoms with Crippen LogP contribution in [0.25, 0.3) is 0 Å². The first kappa shape index (κ1) is 17.1. The van der Waals surface area contributed by atoms with Gasteiger partial charge >= 0.3 is 0 Å². The molecule has 0 bridgehead atoms. The van der Waals surface area contributed by atoms with E-state index in [1.54, 1.807) is 22.5 Å². The zero-order chi connectivity index (χ0) is 15.5. The molecule has 0 saturated carbocycles. The number of benzene rings is 1. The third kappa shape index (κ3) is 3.92. The van der Waals surface area contributed by atoms with Gasteiger partial charge in [0.2, 0.25) is 10.0 Å². The van der Waals surface area contributed by atoms with Crippen molar-refractivity contribution in [3.05, 3.63) is 28.8 Å². The van der Waals surface area contributed by atoms with Crippen molar-refractivity contribution in [3.8, 4) is 0 Å². The Kier molecular flexibility index (Phi) is 5.95. The summed E-state index contributed by atoms with van der Waals surface area (Å²) in [6.45, 7) is 3.30. The predicted octanol–water partition coefficient (Wildman–Crippen LogP) is 4.28. The number of hydrogen-bond acceptors (Lipinski definition) is 2. The summed E-state index contributed by atoms with van der Waals surface area (Å²) in [6, 6.07) is 4.95. The van der Waals surface area contributed by atoms with Gasteiger partial charge in [0.05, 0.1) is 5.02 Å². The lowest BCUT2D eigenvalue weighted by Crippen LogP contribution is -2.32. The smallest absolute Gasteiger partial charge is 0.207 e. The van der Waals surface area contributed by atoms with Gasteiger partial charge in [0, 0.05) is 19.0 Å². The van der Waals surface area contributed by atoms with Crippen molar-refractivity contribution in [2.75, 3.05) is 13.1 Å². The molecule has 0 amide bonds. The first-order chi connectivity index (χ1) is 9.98. The van der Waals surface area contributed by atoms with Crippen LogP contribution in [0.3, 0.4) is 0 Å². The summed E-state index contributed by atoms with van der Waals surface area (Å²) in [5.41, 5.74) is 0.765. The van der Waals surface area contributed by atoms with Crippen molar-refractivity contribution in [2.45, 2.75) is 43.4 Å². The Morgan fingerprint density at radius 1 is 1.29 bits per heavy atom. The summed E-state index contributed by atoms with van der Waals surface area (Å²) in [5, 5.41) is 0.264. The van der Waals surface area contributed by atoms with Crippen LogP contribution in [0.15, 0.2) is 23.1 Å². The maximum Gasteiger partial charge on any atom is 0.244 e. The molecule has 1 atom stereocenters. The highest BCUT2D eigenvalue weighted by atomic mass is 35.5. The average Bonchev–Trinajstić information content (AvgIpc) is 2.73. The summed E-state index contributed by atoms with van der Waals surface area (Å²) < 4.78 is 27.2. The number of alkyl halides is 1. The van der Waals surface area contributed by atoms with Crippen molar-refractivity contribution in [2.24, 2.45) is 5.92 Å². The van der Waals surface area contributed by atoms with E-state index in [9.17, 15) is 8.42 Å². The number of rotatable bonds is 4. The zero-order valence-electron chi connectivity index (χ0n) is 12.2. The van der Waals surface area contributed by atoms with Crippen LogP contribution in [-0.4, -0.2) is 25.8 Å². The number of hydrogen-bond donors (Lipinski definition) is 0. The molecule has 3 nitrogen and oxygen atoms in total. The summed E-state index contributed by atoms with van der Waals surface area (Å²) in [7, 11) is -3.54. The highest BCUT2D eigenvalue weighted by Crippen LogP contribution is 2.29. The van der Waals surface area contributed by atoms with Crippen molar-refractivity contribution in [3.63, 3.8) is 0 Å². The first-order valence-corrected chi connectivity index (χ1v) is 9.68. The molecule has 1 aromatic carbocycles. The number of halogens is 2. The molecule has 1 aliphatic rings. The van der Waals surface area contributed by atoms with Gasteiger partial charge < -0.3 is 0 Å². The SMILES string of the molecule is CCC1CCCN(S(=O)(=O)c2cc(CCl)ccc2Cl)CC1. The van der Waals surface area contributed by atoms with Crippen molar-refractivity contribution < 1.29 is 8.42 Å². The molecule has 0 N–H and O–H groups in total. The Hall–Kier alpha value is -0.290. The van der Waals surface area contributed by atoms with Gasteiger partial charge in [-0.25, -0.2) is 8.42 Å². The minimum atomic E-state index is -3.54. The van der Waals surface area contributed by atoms with E-state index >= 15 is 0 Å². The fourth-order valence-electron chi connectivity index (χ4n) is 2.76. The molecule has 118 valence electrons. The van der Waals surface area contributed by atoms with Gasteiger partial charge in [-0.2, -0.15) is 4.31 Å². The van der Waals surface area contributed by atoms with Crippen LogP contribution in [0, 0.1) is 5.92 Å². The largest absolute Gasteiger partial charge is 0.244 e. The molecule has 1 unspecified atom stereocenters. The predicted molar refractivity (Wildman–Crippen MR) is 87.4 cm³/mol. The Morgan fingerprint density at radius 2 is 2.05 bits per heavy atom. The summed E-state index contributed by atoms with van der Waals surface area (Å²) in [5.74, 6) is 0.896. The third-order valence-electron chi connectivity index (χ3n) is 4.15. The molecule has 1 fully saturated rings. The monoisotopic (exact) mass is 349 g/mol. The van der Waals surface area contributed by atoms with Gasteiger partial charge in [0.1, 0.15) is 4.90 Å². The standard InChI is InChI=1S/C15H21Cl2NO2S/c1-2-12-4-3-8-18(9-7-12)21(19,20)15-10-13(11-16)5-6-14(15)17/h5-6,10,12H,2-4,7-9,11H2,1H3. The third-order valence-corrected chi connectivity index (χ3v) is 6.84. The average molecular weight is 350 g/mol. The summed E-state index contributed by atoms with van der Waals surface area (Å²) in [4.78, 5) is 0.178. The molecule has 0 aromatic heterocycles. The van der Waals surface area contributed by atoms with Gasteiger partial charge in [-0.15, -0.1) is 11.6 Å². The molecule has 0 aliphatic carbocycles. The molecule has 1 aliphatic heterocycles. The van der Waals surface area contributed by atoms with E-state index in [1.807, 2.05) is 0 Å². The van der Waals surface area contributed by atoms with Gasteiger partial charge in [0.15, 0.2) is 0 Å². The Bertz CT molecular complexity index is 589. The van der Waals surface area contributed by atoms with Gasteiger partial charge in [0.25, 0.3) is 0 Å². The number of nitrogens with zero attached hydrogens (tertiary/aromatic N) is 1. The van der Waals surface area contributed by atoms with Crippen LogP contribution in [-0.2, 0) is 15.9 Å². The van der Waals surface area contributed by atoms with E-state index in [-0.39, 0.29) is 15.8 Å². The Labute approximate surface area is 137 Å². The van der Waals surface area contributed by atoms with Crippen LogP contribution < -0.4 is 0 Å². The summed E-state index contributed by atoms with van der Waals surface area (Å²) in [6.07, 6.45) is 4.03. The fourth-order valence-corrected chi connectivity index (χ4v) is 4.94. The van der Waals surface area contributed by atoms with Gasteiger partial charge in [-0.1, -0.05) is 31.0 Å². The van der Waals surface area contributed by atoms with E-state index < -0.39 is 10.0 Å². The molecular weight excluding hydrogens is 329 g/mol.